The van der Waals surface area contributed by atoms with E-state index in [1.165, 1.54) is 11.9 Å². The van der Waals surface area contributed by atoms with E-state index in [-0.39, 0.29) is 6.04 Å². The van der Waals surface area contributed by atoms with Crippen molar-refractivity contribution >= 4 is 15.9 Å². The third-order valence-corrected chi connectivity index (χ3v) is 3.92. The highest BCUT2D eigenvalue weighted by molar-refractivity contribution is 7.89. The minimum atomic E-state index is -4.35. The SMILES string of the molecule is CN(C(=O)c1c(F)ccc(S(N)(=O)=O)c1F)C1CC1. The molecular formula is C11H12F2N2O3S. The van der Waals surface area contributed by atoms with Crippen molar-refractivity contribution in [3.8, 4) is 0 Å². The number of nitrogens with zero attached hydrogens (tertiary/aromatic N) is 1. The first-order valence-corrected chi connectivity index (χ1v) is 7.06. The van der Waals surface area contributed by atoms with Crippen LogP contribution in [0.5, 0.6) is 0 Å². The van der Waals surface area contributed by atoms with Gasteiger partial charge in [-0.25, -0.2) is 22.3 Å². The molecule has 1 aliphatic rings. The van der Waals surface area contributed by atoms with Crippen molar-refractivity contribution in [3.63, 3.8) is 0 Å². The van der Waals surface area contributed by atoms with Crippen LogP contribution in [0.4, 0.5) is 8.78 Å². The van der Waals surface area contributed by atoms with Gasteiger partial charge >= 0.3 is 0 Å². The van der Waals surface area contributed by atoms with Gasteiger partial charge in [0.1, 0.15) is 16.3 Å². The second-order valence-corrected chi connectivity index (χ2v) is 5.96. The standard InChI is InChI=1S/C11H12F2N2O3S/c1-15(6-2-3-6)11(16)9-7(12)4-5-8(10(9)13)19(14,17)18/h4-6H,2-3H2,1H3,(H2,14,17,18). The van der Waals surface area contributed by atoms with Crippen LogP contribution < -0.4 is 5.14 Å². The number of amides is 1. The molecule has 1 fully saturated rings. The van der Waals surface area contributed by atoms with Gasteiger partial charge in [-0.2, -0.15) is 0 Å². The van der Waals surface area contributed by atoms with Crippen molar-refractivity contribution < 1.29 is 22.0 Å². The van der Waals surface area contributed by atoms with Gasteiger partial charge < -0.3 is 4.90 Å². The number of hydrogen-bond acceptors (Lipinski definition) is 3. The molecule has 0 aliphatic heterocycles. The molecule has 0 spiro atoms. The molecule has 0 bridgehead atoms. The zero-order chi connectivity index (χ0) is 14.4. The van der Waals surface area contributed by atoms with E-state index in [4.69, 9.17) is 5.14 Å². The summed E-state index contributed by atoms with van der Waals surface area (Å²) in [5, 5.41) is 4.81. The number of rotatable bonds is 3. The number of carbonyl (C=O) groups excluding carboxylic acids is 1. The van der Waals surface area contributed by atoms with Crippen LogP contribution >= 0.6 is 0 Å². The van der Waals surface area contributed by atoms with Gasteiger partial charge in [-0.15, -0.1) is 0 Å². The van der Waals surface area contributed by atoms with Crippen LogP contribution in [0.1, 0.15) is 23.2 Å². The first-order valence-electron chi connectivity index (χ1n) is 5.51. The molecule has 0 radical (unpaired) electrons. The van der Waals surface area contributed by atoms with Gasteiger partial charge in [-0.3, -0.25) is 4.79 Å². The molecule has 1 aromatic rings. The summed E-state index contributed by atoms with van der Waals surface area (Å²) in [5.41, 5.74) is -0.888. The molecule has 5 nitrogen and oxygen atoms in total. The van der Waals surface area contributed by atoms with Gasteiger partial charge in [-0.05, 0) is 25.0 Å². The molecule has 1 saturated carbocycles. The summed E-state index contributed by atoms with van der Waals surface area (Å²) in [7, 11) is -2.93. The van der Waals surface area contributed by atoms with E-state index < -0.39 is 38.0 Å². The van der Waals surface area contributed by atoms with Crippen LogP contribution in [0.3, 0.4) is 0 Å². The molecule has 2 N–H and O–H groups in total. The first kappa shape index (κ1) is 13.9. The lowest BCUT2D eigenvalue weighted by Gasteiger charge is -2.17. The maximum absolute atomic E-state index is 14.0. The van der Waals surface area contributed by atoms with Crippen molar-refractivity contribution in [2.75, 3.05) is 7.05 Å². The number of carbonyl (C=O) groups is 1. The molecule has 1 aliphatic carbocycles. The highest BCUT2D eigenvalue weighted by Crippen LogP contribution is 2.29. The zero-order valence-electron chi connectivity index (χ0n) is 10.1. The fourth-order valence-corrected chi connectivity index (χ4v) is 2.36. The third-order valence-electron chi connectivity index (χ3n) is 2.99. The van der Waals surface area contributed by atoms with Crippen molar-refractivity contribution in [1.29, 1.82) is 0 Å². The summed E-state index contributed by atoms with van der Waals surface area (Å²) >= 11 is 0. The predicted octanol–water partition coefficient (Wildman–Crippen LogP) is 0.847. The lowest BCUT2D eigenvalue weighted by atomic mass is 10.1. The fourth-order valence-electron chi connectivity index (χ4n) is 1.75. The summed E-state index contributed by atoms with van der Waals surface area (Å²) in [6, 6.07) is 1.37. The van der Waals surface area contributed by atoms with E-state index in [1.807, 2.05) is 0 Å². The van der Waals surface area contributed by atoms with E-state index in [0.29, 0.717) is 6.07 Å². The summed E-state index contributed by atoms with van der Waals surface area (Å²) < 4.78 is 49.9. The Morgan fingerprint density at radius 3 is 2.42 bits per heavy atom. The van der Waals surface area contributed by atoms with Crippen LogP contribution in [0, 0.1) is 11.6 Å². The molecule has 8 heteroatoms. The Hall–Kier alpha value is -1.54. The van der Waals surface area contributed by atoms with E-state index in [9.17, 15) is 22.0 Å². The van der Waals surface area contributed by atoms with Crippen molar-refractivity contribution in [2.45, 2.75) is 23.8 Å². The second-order valence-electron chi connectivity index (χ2n) is 4.43. The number of halogens is 2. The Bertz CT molecular complexity index is 642. The van der Waals surface area contributed by atoms with Gasteiger partial charge in [0, 0.05) is 13.1 Å². The minimum Gasteiger partial charge on any atom is -0.339 e. The first-order chi connectivity index (χ1) is 8.73. The lowest BCUT2D eigenvalue weighted by Crippen LogP contribution is -2.31. The molecular weight excluding hydrogens is 278 g/mol. The van der Waals surface area contributed by atoms with Crippen molar-refractivity contribution in [2.24, 2.45) is 5.14 Å². The number of nitrogens with two attached hydrogens (primary N) is 1. The number of primary sulfonamides is 1. The fraction of sp³-hybridized carbons (Fsp3) is 0.364. The Labute approximate surface area is 109 Å². The Morgan fingerprint density at radius 1 is 1.37 bits per heavy atom. The van der Waals surface area contributed by atoms with Crippen LogP contribution in [0.15, 0.2) is 17.0 Å². The molecule has 0 unspecified atom stereocenters. The molecule has 2 rings (SSSR count). The largest absolute Gasteiger partial charge is 0.339 e. The summed E-state index contributed by atoms with van der Waals surface area (Å²) in [4.78, 5) is 12.3. The molecule has 0 saturated heterocycles. The van der Waals surface area contributed by atoms with Crippen LogP contribution in [-0.4, -0.2) is 32.3 Å². The quantitative estimate of drug-likeness (QED) is 0.896. The maximum atomic E-state index is 14.0. The van der Waals surface area contributed by atoms with Crippen LogP contribution in [-0.2, 0) is 10.0 Å². The monoisotopic (exact) mass is 290 g/mol. The Kier molecular flexibility index (Phi) is 3.31. The Morgan fingerprint density at radius 2 is 1.95 bits per heavy atom. The molecule has 0 aromatic heterocycles. The number of sulfonamides is 1. The predicted molar refractivity (Wildman–Crippen MR) is 62.8 cm³/mol. The van der Waals surface area contributed by atoms with E-state index in [1.54, 1.807) is 0 Å². The average Bonchev–Trinajstić information content (AvgIpc) is 3.09. The van der Waals surface area contributed by atoms with E-state index in [0.717, 1.165) is 18.9 Å². The van der Waals surface area contributed by atoms with E-state index in [2.05, 4.69) is 0 Å². The third kappa shape index (κ3) is 2.59. The highest BCUT2D eigenvalue weighted by Gasteiger charge is 2.34. The van der Waals surface area contributed by atoms with Crippen molar-refractivity contribution in [1.82, 2.24) is 4.90 Å². The Balaban J connectivity index is 2.53. The molecule has 1 aromatic carbocycles. The normalized spacial score (nSPS) is 15.4. The van der Waals surface area contributed by atoms with Crippen molar-refractivity contribution in [3.05, 3.63) is 29.3 Å². The minimum absolute atomic E-state index is 0.0514. The molecule has 1 amide bonds. The smallest absolute Gasteiger partial charge is 0.259 e. The highest BCUT2D eigenvalue weighted by atomic mass is 32.2. The molecule has 0 atom stereocenters. The second kappa shape index (κ2) is 4.53. The summed E-state index contributed by atoms with van der Waals surface area (Å²) in [6.07, 6.45) is 1.53. The van der Waals surface area contributed by atoms with Gasteiger partial charge in [0.15, 0.2) is 5.82 Å². The topological polar surface area (TPSA) is 80.5 Å². The van der Waals surface area contributed by atoms with Gasteiger partial charge in [0.05, 0.1) is 0 Å². The molecule has 19 heavy (non-hydrogen) atoms. The molecule has 0 heterocycles. The summed E-state index contributed by atoms with van der Waals surface area (Å²) in [5.74, 6) is -3.44. The maximum Gasteiger partial charge on any atom is 0.259 e. The summed E-state index contributed by atoms with van der Waals surface area (Å²) in [6.45, 7) is 0. The van der Waals surface area contributed by atoms with Gasteiger partial charge in [0.25, 0.3) is 5.91 Å². The van der Waals surface area contributed by atoms with Crippen LogP contribution in [0.2, 0.25) is 0 Å². The van der Waals surface area contributed by atoms with E-state index >= 15 is 0 Å². The average molecular weight is 290 g/mol. The van der Waals surface area contributed by atoms with Gasteiger partial charge in [0.2, 0.25) is 10.0 Å². The number of benzene rings is 1. The lowest BCUT2D eigenvalue weighted by molar-refractivity contribution is 0.0774. The van der Waals surface area contributed by atoms with Crippen LogP contribution in [0.25, 0.3) is 0 Å². The zero-order valence-corrected chi connectivity index (χ0v) is 10.9. The van der Waals surface area contributed by atoms with Gasteiger partial charge in [-0.1, -0.05) is 0 Å². The molecule has 104 valence electrons. The number of hydrogen-bond donors (Lipinski definition) is 1.